The summed E-state index contributed by atoms with van der Waals surface area (Å²) < 4.78 is 4.78. The van der Waals surface area contributed by atoms with Crippen LogP contribution >= 0.6 is 0 Å². The number of aromatic nitrogens is 1. The van der Waals surface area contributed by atoms with E-state index in [0.29, 0.717) is 44.9 Å². The third-order valence-corrected chi connectivity index (χ3v) is 6.48. The van der Waals surface area contributed by atoms with Gasteiger partial charge < -0.3 is 14.3 Å². The van der Waals surface area contributed by atoms with E-state index in [1.54, 1.807) is 9.80 Å². The molecule has 2 saturated heterocycles. The summed E-state index contributed by atoms with van der Waals surface area (Å²) in [6.45, 7) is 1.69. The standard InChI is InChI=1S/C22H24N4O4/c27-19(18-8-13-30-23-18)24-11-9-22(10-12-24)20(28)25(14-17-6-7-17)21(29)26(22)15-16-4-2-1-3-5-16/h1-5,8,13,17H,6-7,9-12,14-15H2. The Morgan fingerprint density at radius 1 is 1.10 bits per heavy atom. The molecular formula is C22H24N4O4. The van der Waals surface area contributed by atoms with Crippen molar-refractivity contribution in [2.45, 2.75) is 37.8 Å². The molecule has 0 radical (unpaired) electrons. The number of amides is 4. The molecule has 0 unspecified atom stereocenters. The van der Waals surface area contributed by atoms with Crippen molar-refractivity contribution in [1.29, 1.82) is 0 Å². The smallest absolute Gasteiger partial charge is 0.327 e. The van der Waals surface area contributed by atoms with E-state index < -0.39 is 5.54 Å². The molecule has 8 nitrogen and oxygen atoms in total. The highest BCUT2D eigenvalue weighted by Gasteiger charge is 2.58. The van der Waals surface area contributed by atoms with Gasteiger partial charge in [-0.15, -0.1) is 0 Å². The summed E-state index contributed by atoms with van der Waals surface area (Å²) in [6, 6.07) is 11.1. The van der Waals surface area contributed by atoms with Crippen molar-refractivity contribution >= 4 is 17.8 Å². The predicted molar refractivity (Wildman–Crippen MR) is 106 cm³/mol. The van der Waals surface area contributed by atoms with Gasteiger partial charge in [0.05, 0.1) is 0 Å². The maximum Gasteiger partial charge on any atom is 0.327 e. The molecule has 0 N–H and O–H groups in total. The van der Waals surface area contributed by atoms with Gasteiger partial charge in [0.25, 0.3) is 11.8 Å². The van der Waals surface area contributed by atoms with E-state index in [2.05, 4.69) is 5.16 Å². The zero-order valence-electron chi connectivity index (χ0n) is 16.7. The molecule has 1 aromatic carbocycles. The van der Waals surface area contributed by atoms with Gasteiger partial charge in [-0.25, -0.2) is 4.79 Å². The highest BCUT2D eigenvalue weighted by Crippen LogP contribution is 2.41. The minimum atomic E-state index is -0.886. The molecule has 1 spiro atoms. The Balaban J connectivity index is 1.39. The van der Waals surface area contributed by atoms with Gasteiger partial charge in [-0.1, -0.05) is 35.5 Å². The van der Waals surface area contributed by atoms with E-state index in [0.717, 1.165) is 18.4 Å². The van der Waals surface area contributed by atoms with Crippen LogP contribution in [0.25, 0.3) is 0 Å². The molecule has 30 heavy (non-hydrogen) atoms. The summed E-state index contributed by atoms with van der Waals surface area (Å²) >= 11 is 0. The molecule has 1 saturated carbocycles. The minimum Gasteiger partial charge on any atom is -0.364 e. The van der Waals surface area contributed by atoms with Crippen molar-refractivity contribution in [3.8, 4) is 0 Å². The van der Waals surface area contributed by atoms with Crippen LogP contribution < -0.4 is 0 Å². The van der Waals surface area contributed by atoms with Crippen LogP contribution in [0, 0.1) is 5.92 Å². The number of urea groups is 1. The normalized spacial score (nSPS) is 21.0. The molecule has 2 aromatic rings. The molecule has 0 bridgehead atoms. The number of carbonyl (C=O) groups excluding carboxylic acids is 3. The number of hydrogen-bond acceptors (Lipinski definition) is 5. The van der Waals surface area contributed by atoms with Crippen molar-refractivity contribution in [3.05, 3.63) is 53.9 Å². The quantitative estimate of drug-likeness (QED) is 0.710. The summed E-state index contributed by atoms with van der Waals surface area (Å²) in [5.41, 5.74) is 0.367. The van der Waals surface area contributed by atoms with Crippen molar-refractivity contribution in [1.82, 2.24) is 19.9 Å². The summed E-state index contributed by atoms with van der Waals surface area (Å²) in [4.78, 5) is 44.3. The van der Waals surface area contributed by atoms with Crippen LogP contribution in [-0.4, -0.2) is 62.9 Å². The average Bonchev–Trinajstić information content (AvgIpc) is 3.39. The Morgan fingerprint density at radius 2 is 1.83 bits per heavy atom. The fourth-order valence-corrected chi connectivity index (χ4v) is 4.54. The number of rotatable bonds is 5. The third kappa shape index (κ3) is 3.16. The van der Waals surface area contributed by atoms with Gasteiger partial charge in [0.1, 0.15) is 11.8 Å². The molecule has 3 aliphatic rings. The molecule has 3 fully saturated rings. The van der Waals surface area contributed by atoms with E-state index in [9.17, 15) is 14.4 Å². The largest absolute Gasteiger partial charge is 0.364 e. The van der Waals surface area contributed by atoms with Gasteiger partial charge in [-0.3, -0.25) is 14.5 Å². The molecular weight excluding hydrogens is 384 g/mol. The van der Waals surface area contributed by atoms with Crippen molar-refractivity contribution in [3.63, 3.8) is 0 Å². The highest BCUT2D eigenvalue weighted by atomic mass is 16.5. The van der Waals surface area contributed by atoms with Crippen LogP contribution in [0.3, 0.4) is 0 Å². The van der Waals surface area contributed by atoms with Gasteiger partial charge in [-0.2, -0.15) is 0 Å². The van der Waals surface area contributed by atoms with Gasteiger partial charge in [-0.05, 0) is 37.2 Å². The van der Waals surface area contributed by atoms with Crippen LogP contribution in [0.15, 0.2) is 47.2 Å². The van der Waals surface area contributed by atoms with Crippen molar-refractivity contribution < 1.29 is 18.9 Å². The first-order chi connectivity index (χ1) is 14.6. The molecule has 0 atom stereocenters. The van der Waals surface area contributed by atoms with Crippen LogP contribution in [-0.2, 0) is 11.3 Å². The van der Waals surface area contributed by atoms with Crippen LogP contribution in [0.2, 0.25) is 0 Å². The van der Waals surface area contributed by atoms with Crippen LogP contribution in [0.1, 0.15) is 41.7 Å². The molecule has 5 rings (SSSR count). The minimum absolute atomic E-state index is 0.108. The first-order valence-corrected chi connectivity index (χ1v) is 10.5. The van der Waals surface area contributed by atoms with Crippen molar-refractivity contribution in [2.75, 3.05) is 19.6 Å². The lowest BCUT2D eigenvalue weighted by Crippen LogP contribution is -2.57. The number of carbonyl (C=O) groups is 3. The number of hydrogen-bond donors (Lipinski definition) is 0. The van der Waals surface area contributed by atoms with Gasteiger partial charge in [0.2, 0.25) is 0 Å². The van der Waals surface area contributed by atoms with E-state index >= 15 is 0 Å². The van der Waals surface area contributed by atoms with Crippen LogP contribution in [0.4, 0.5) is 4.79 Å². The number of nitrogens with zero attached hydrogens (tertiary/aromatic N) is 4. The molecule has 1 aromatic heterocycles. The average molecular weight is 408 g/mol. The third-order valence-electron chi connectivity index (χ3n) is 6.48. The maximum atomic E-state index is 13.5. The number of piperidine rings is 1. The second kappa shape index (κ2) is 7.27. The van der Waals surface area contributed by atoms with Crippen molar-refractivity contribution in [2.24, 2.45) is 5.92 Å². The van der Waals surface area contributed by atoms with Gasteiger partial charge in [0, 0.05) is 32.2 Å². The Bertz CT molecular complexity index is 947. The molecule has 8 heteroatoms. The molecule has 4 amide bonds. The zero-order valence-corrected chi connectivity index (χ0v) is 16.7. The van der Waals surface area contributed by atoms with E-state index in [1.165, 1.54) is 17.2 Å². The first-order valence-electron chi connectivity index (χ1n) is 10.5. The summed E-state index contributed by atoms with van der Waals surface area (Å²) in [5, 5.41) is 3.72. The van der Waals surface area contributed by atoms with E-state index in [-0.39, 0.29) is 23.5 Å². The Kier molecular flexibility index (Phi) is 4.56. The maximum absolute atomic E-state index is 13.5. The lowest BCUT2D eigenvalue weighted by atomic mass is 9.85. The molecule has 1 aliphatic carbocycles. The second-order valence-electron chi connectivity index (χ2n) is 8.42. The van der Waals surface area contributed by atoms with E-state index in [4.69, 9.17) is 4.52 Å². The fourth-order valence-electron chi connectivity index (χ4n) is 4.54. The summed E-state index contributed by atoms with van der Waals surface area (Å²) in [6.07, 6.45) is 4.37. The van der Waals surface area contributed by atoms with Gasteiger partial charge >= 0.3 is 6.03 Å². The molecule has 2 aliphatic heterocycles. The lowest BCUT2D eigenvalue weighted by molar-refractivity contribution is -0.135. The first kappa shape index (κ1) is 18.8. The monoisotopic (exact) mass is 408 g/mol. The number of imide groups is 1. The zero-order chi connectivity index (χ0) is 20.7. The topological polar surface area (TPSA) is 87.0 Å². The highest BCUT2D eigenvalue weighted by molar-refractivity contribution is 6.07. The lowest BCUT2D eigenvalue weighted by Gasteiger charge is -2.42. The Labute approximate surface area is 174 Å². The molecule has 156 valence electrons. The van der Waals surface area contributed by atoms with E-state index in [1.807, 2.05) is 30.3 Å². The van der Waals surface area contributed by atoms with Gasteiger partial charge in [0.15, 0.2) is 5.69 Å². The predicted octanol–water partition coefficient (Wildman–Crippen LogP) is 2.52. The summed E-state index contributed by atoms with van der Waals surface area (Å²) in [5.74, 6) is 0.115. The SMILES string of the molecule is O=C(c1ccon1)N1CCC2(CC1)C(=O)N(CC1CC1)C(=O)N2Cc1ccccc1. The fraction of sp³-hybridized carbons (Fsp3) is 0.455. The number of benzene rings is 1. The Hall–Kier alpha value is -3.16. The molecule has 3 heterocycles. The van der Waals surface area contributed by atoms with Crippen LogP contribution in [0.5, 0.6) is 0 Å². The Morgan fingerprint density at radius 3 is 2.47 bits per heavy atom. The number of likely N-dealkylation sites (tertiary alicyclic amines) is 1. The second-order valence-corrected chi connectivity index (χ2v) is 8.42. The summed E-state index contributed by atoms with van der Waals surface area (Å²) in [7, 11) is 0.